The molecule has 0 aliphatic carbocycles. The minimum Gasteiger partial charge on any atom is -0.457 e. The largest absolute Gasteiger partial charge is 0.457 e. The zero-order valence-electron chi connectivity index (χ0n) is 18.7. The molecule has 5 heteroatoms. The quantitative estimate of drug-likeness (QED) is 0.308. The Bertz CT molecular complexity index is 1650. The van der Waals surface area contributed by atoms with Gasteiger partial charge in [-0.1, -0.05) is 36.4 Å². The van der Waals surface area contributed by atoms with Gasteiger partial charge < -0.3 is 14.5 Å². The third-order valence-electron chi connectivity index (χ3n) is 6.52. The van der Waals surface area contributed by atoms with Crippen molar-refractivity contribution in [3.8, 4) is 17.3 Å². The summed E-state index contributed by atoms with van der Waals surface area (Å²) in [4.78, 5) is 9.09. The highest BCUT2D eigenvalue weighted by molar-refractivity contribution is 6.13. The first-order valence-electron chi connectivity index (χ1n) is 11.4. The Hall–Kier alpha value is -4.51. The summed E-state index contributed by atoms with van der Waals surface area (Å²) < 4.78 is 8.63. The second-order valence-corrected chi connectivity index (χ2v) is 8.77. The van der Waals surface area contributed by atoms with Crippen molar-refractivity contribution >= 4 is 39.6 Å². The third-order valence-corrected chi connectivity index (χ3v) is 6.52. The predicted octanol–water partition coefficient (Wildman–Crippen LogP) is 6.64. The molecule has 0 N–H and O–H groups in total. The molecular weight excluding hydrogens is 420 g/mol. The number of anilines is 1. The first-order chi connectivity index (χ1) is 16.7. The van der Waals surface area contributed by atoms with Crippen LogP contribution in [0.4, 0.5) is 5.69 Å². The maximum atomic E-state index is 6.36. The van der Waals surface area contributed by atoms with Gasteiger partial charge in [0.15, 0.2) is 0 Å². The Morgan fingerprint density at radius 1 is 0.794 bits per heavy atom. The van der Waals surface area contributed by atoms with Crippen LogP contribution in [0.5, 0.6) is 11.5 Å². The van der Waals surface area contributed by atoms with Gasteiger partial charge in [-0.25, -0.2) is 4.98 Å². The van der Waals surface area contributed by atoms with E-state index >= 15 is 0 Å². The fourth-order valence-electron chi connectivity index (χ4n) is 4.96. The van der Waals surface area contributed by atoms with Gasteiger partial charge in [-0.05, 0) is 42.0 Å². The van der Waals surface area contributed by atoms with Crippen molar-refractivity contribution in [3.05, 3.63) is 103 Å². The zero-order chi connectivity index (χ0) is 22.6. The lowest BCUT2D eigenvalue weighted by Gasteiger charge is -2.19. The lowest BCUT2D eigenvalue weighted by Crippen LogP contribution is -2.21. The van der Waals surface area contributed by atoms with Crippen molar-refractivity contribution in [1.29, 1.82) is 0 Å². The maximum Gasteiger partial charge on any atom is 0.144 e. The van der Waals surface area contributed by atoms with E-state index in [2.05, 4.69) is 101 Å². The number of rotatable bonds is 3. The molecule has 5 nitrogen and oxygen atoms in total. The highest BCUT2D eigenvalue weighted by Gasteiger charge is 2.19. The highest BCUT2D eigenvalue weighted by atomic mass is 16.5. The summed E-state index contributed by atoms with van der Waals surface area (Å²) in [6.45, 7) is 0.832. The third kappa shape index (κ3) is 2.90. The van der Waals surface area contributed by atoms with Gasteiger partial charge in [0.05, 0.1) is 17.7 Å². The number of benzene rings is 3. The molecular formula is C29H22N4O. The van der Waals surface area contributed by atoms with Crippen molar-refractivity contribution in [2.75, 3.05) is 18.6 Å². The van der Waals surface area contributed by atoms with Gasteiger partial charge in [-0.3, -0.25) is 4.57 Å². The van der Waals surface area contributed by atoms with Crippen LogP contribution in [0, 0.1) is 0 Å². The SMILES string of the molecule is CN1C=CN(c2cccc(Oc3ccc4c5cccc6c5n(c4c3)-c3ncccc3C=C6)c2)C1. The Balaban J connectivity index is 1.36. The van der Waals surface area contributed by atoms with Crippen LogP contribution in [-0.2, 0) is 0 Å². The Morgan fingerprint density at radius 3 is 2.56 bits per heavy atom. The van der Waals surface area contributed by atoms with Crippen LogP contribution < -0.4 is 9.64 Å². The molecule has 0 radical (unpaired) electrons. The van der Waals surface area contributed by atoms with Crippen molar-refractivity contribution in [2.24, 2.45) is 0 Å². The lowest BCUT2D eigenvalue weighted by atomic mass is 10.1. The number of ether oxygens (including phenoxy) is 1. The Kier molecular flexibility index (Phi) is 4.05. The average molecular weight is 443 g/mol. The van der Waals surface area contributed by atoms with Crippen molar-refractivity contribution in [1.82, 2.24) is 14.5 Å². The van der Waals surface area contributed by atoms with Gasteiger partial charge in [-0.2, -0.15) is 0 Å². The summed E-state index contributed by atoms with van der Waals surface area (Å²) in [5.74, 6) is 2.55. The van der Waals surface area contributed by atoms with E-state index < -0.39 is 0 Å². The van der Waals surface area contributed by atoms with Crippen LogP contribution in [0.2, 0.25) is 0 Å². The summed E-state index contributed by atoms with van der Waals surface area (Å²) in [6.07, 6.45) is 10.3. The van der Waals surface area contributed by atoms with Crippen molar-refractivity contribution in [2.45, 2.75) is 0 Å². The van der Waals surface area contributed by atoms with Gasteiger partial charge >= 0.3 is 0 Å². The summed E-state index contributed by atoms with van der Waals surface area (Å²) in [6, 6.07) is 25.1. The first-order valence-corrected chi connectivity index (χ1v) is 11.4. The predicted molar refractivity (Wildman–Crippen MR) is 138 cm³/mol. The summed E-state index contributed by atoms with van der Waals surface area (Å²) in [5.41, 5.74) is 5.65. The van der Waals surface area contributed by atoms with Crippen molar-refractivity contribution < 1.29 is 4.74 Å². The van der Waals surface area contributed by atoms with E-state index in [4.69, 9.17) is 9.72 Å². The molecule has 0 fully saturated rings. The summed E-state index contributed by atoms with van der Waals surface area (Å²) in [5, 5.41) is 2.41. The second-order valence-electron chi connectivity index (χ2n) is 8.77. The molecule has 34 heavy (non-hydrogen) atoms. The molecule has 0 amide bonds. The van der Waals surface area contributed by atoms with Crippen LogP contribution in [0.1, 0.15) is 11.1 Å². The number of para-hydroxylation sites is 1. The number of nitrogens with zero attached hydrogens (tertiary/aromatic N) is 4. The minimum absolute atomic E-state index is 0.800. The van der Waals surface area contributed by atoms with Crippen molar-refractivity contribution in [3.63, 3.8) is 0 Å². The van der Waals surface area contributed by atoms with E-state index in [1.165, 1.54) is 21.9 Å². The fourth-order valence-corrected chi connectivity index (χ4v) is 4.96. The number of aromatic nitrogens is 2. The number of hydrogen-bond donors (Lipinski definition) is 0. The average Bonchev–Trinajstić information content (AvgIpc) is 3.39. The number of pyridine rings is 1. The Morgan fingerprint density at radius 2 is 1.65 bits per heavy atom. The maximum absolute atomic E-state index is 6.36. The standard InChI is InChI=1S/C29H22N4O/c1-31-15-16-32(19-31)22-7-3-8-23(17-22)34-24-12-13-25-26-9-2-5-20-10-11-21-6-4-14-30-29(21)33(28(20)26)27(25)18-24/h2-18H,19H2,1H3. The van der Waals surface area contributed by atoms with Gasteiger partial charge in [0.25, 0.3) is 0 Å². The molecule has 164 valence electrons. The van der Waals surface area contributed by atoms with Crippen LogP contribution in [-0.4, -0.2) is 28.2 Å². The Labute approximate surface area is 197 Å². The zero-order valence-corrected chi connectivity index (χ0v) is 18.7. The van der Waals surface area contributed by atoms with Gasteiger partial charge in [0, 0.05) is 59.8 Å². The smallest absolute Gasteiger partial charge is 0.144 e. The minimum atomic E-state index is 0.800. The second kappa shape index (κ2) is 7.25. The van der Waals surface area contributed by atoms with E-state index in [-0.39, 0.29) is 0 Å². The van der Waals surface area contributed by atoms with E-state index in [1.54, 1.807) is 0 Å². The molecule has 0 saturated carbocycles. The van der Waals surface area contributed by atoms with Crippen LogP contribution >= 0.6 is 0 Å². The molecule has 0 atom stereocenters. The molecule has 0 unspecified atom stereocenters. The molecule has 0 saturated heterocycles. The molecule has 0 bridgehead atoms. The molecule has 3 aromatic carbocycles. The summed E-state index contributed by atoms with van der Waals surface area (Å²) in [7, 11) is 2.07. The highest BCUT2D eigenvalue weighted by Crippen LogP contribution is 2.39. The van der Waals surface area contributed by atoms with Gasteiger partial charge in [0.1, 0.15) is 17.3 Å². The molecule has 7 rings (SSSR count). The van der Waals surface area contributed by atoms with E-state index in [0.717, 1.165) is 40.8 Å². The van der Waals surface area contributed by atoms with E-state index in [1.807, 2.05) is 24.4 Å². The molecule has 2 aromatic heterocycles. The molecule has 5 aromatic rings. The fraction of sp³-hybridized carbons (Fsp3) is 0.0690. The monoisotopic (exact) mass is 442 g/mol. The normalized spacial score (nSPS) is 14.1. The lowest BCUT2D eigenvalue weighted by molar-refractivity contribution is 0.481. The molecule has 2 aliphatic rings. The van der Waals surface area contributed by atoms with Crippen LogP contribution in [0.25, 0.3) is 39.8 Å². The molecule has 4 heterocycles. The van der Waals surface area contributed by atoms with E-state index in [0.29, 0.717) is 0 Å². The van der Waals surface area contributed by atoms with Crippen LogP contribution in [0.15, 0.2) is 91.4 Å². The molecule has 2 aliphatic heterocycles. The first kappa shape index (κ1) is 19.0. The van der Waals surface area contributed by atoms with Crippen LogP contribution in [0.3, 0.4) is 0 Å². The summed E-state index contributed by atoms with van der Waals surface area (Å²) >= 11 is 0. The van der Waals surface area contributed by atoms with Gasteiger partial charge in [0.2, 0.25) is 0 Å². The molecule has 0 spiro atoms. The topological polar surface area (TPSA) is 33.5 Å². The van der Waals surface area contributed by atoms with Gasteiger partial charge in [-0.15, -0.1) is 0 Å². The number of fused-ring (bicyclic) bond motifs is 5. The number of hydrogen-bond acceptors (Lipinski definition) is 4. The van der Waals surface area contributed by atoms with E-state index in [9.17, 15) is 0 Å².